The molecule has 0 N–H and O–H groups in total. The Hall–Kier alpha value is 4.54. The van der Waals surface area contributed by atoms with E-state index in [1.165, 1.54) is 0 Å². The third-order valence-corrected chi connectivity index (χ3v) is 0. The van der Waals surface area contributed by atoms with E-state index >= 15 is 0 Å². The average molecular weight is 699 g/mol. The molecule has 0 spiro atoms. The van der Waals surface area contributed by atoms with Crippen LogP contribution in [0, 0.1) is 82.6 Å². The molecule has 0 aromatic carbocycles. The van der Waals surface area contributed by atoms with Crippen LogP contribution in [0.1, 0.15) is 0 Å². The van der Waals surface area contributed by atoms with Crippen molar-refractivity contribution in [1.29, 1.82) is 0 Å². The van der Waals surface area contributed by atoms with Gasteiger partial charge in [-0.05, 0) is 0 Å². The summed E-state index contributed by atoms with van der Waals surface area (Å²) in [6.45, 7) is 0. The van der Waals surface area contributed by atoms with Gasteiger partial charge < -0.3 is 0 Å². The summed E-state index contributed by atoms with van der Waals surface area (Å²) in [5, 5.41) is 0. The molecule has 9 nitrogen and oxygen atoms in total. The summed E-state index contributed by atoms with van der Waals surface area (Å²) in [5.41, 5.74) is 0. The fourth-order valence-corrected chi connectivity index (χ4v) is 0. The van der Waals surface area contributed by atoms with Crippen LogP contribution in [-0.4, -0.2) is 0 Å². The Bertz CT molecular complexity index is 116. The molecule has 0 aliphatic rings. The molecule has 0 saturated carbocycles. The van der Waals surface area contributed by atoms with Gasteiger partial charge in [0.05, 0.1) is 0 Å². The first-order valence-corrected chi connectivity index (χ1v) is 10.9. The van der Waals surface area contributed by atoms with Crippen LogP contribution in [0.2, 0.25) is 0 Å². The maximum atomic E-state index is 8.61. The second-order valence-corrected chi connectivity index (χ2v) is 4.44. The Kier molecular flexibility index (Phi) is 58.2. The van der Waals surface area contributed by atoms with Crippen LogP contribution in [0.5, 0.6) is 0 Å². The standard InChI is InChI=1S/9O.2Pr.3Zr/q;;;6*-1;2*+3;;;. The summed E-state index contributed by atoms with van der Waals surface area (Å²) in [6.07, 6.45) is 0. The molecule has 0 aliphatic heterocycles. The zero-order valence-electron chi connectivity index (χ0n) is 6.33. The third kappa shape index (κ3) is 194. The van der Waals surface area contributed by atoms with Gasteiger partial charge in [0.25, 0.3) is 0 Å². The van der Waals surface area contributed by atoms with E-state index in [2.05, 4.69) is 0 Å². The third-order valence-electron chi connectivity index (χ3n) is 0. The first kappa shape index (κ1) is 31.1. The van der Waals surface area contributed by atoms with Crippen molar-refractivity contribution < 1.29 is 178 Å². The summed E-state index contributed by atoms with van der Waals surface area (Å²) in [6, 6.07) is 0. The molecule has 0 bridgehead atoms. The maximum Gasteiger partial charge on any atom is 3.00 e. The Morgan fingerprint density at radius 1 is 0.500 bits per heavy atom. The van der Waals surface area contributed by atoms with Gasteiger partial charge in [0.15, 0.2) is 0 Å². The Labute approximate surface area is 173 Å². The predicted octanol–water partition coefficient (Wildman–Crippen LogP) is -7.50. The van der Waals surface area contributed by atoms with Gasteiger partial charge in [0, 0.05) is 0 Å². The smallest absolute Gasteiger partial charge is 3.00 e. The first-order valence-electron chi connectivity index (χ1n) is 1.84. The minimum absolute atomic E-state index is 0. The molecular weight excluding hydrogens is 699 g/mol. The van der Waals surface area contributed by atoms with Crippen LogP contribution in [0.3, 0.4) is 0 Å². The van der Waals surface area contributed by atoms with Crippen LogP contribution < -0.4 is 19.1 Å². The molecule has 0 atom stereocenters. The molecule has 0 aromatic heterocycles. The van der Waals surface area contributed by atoms with Gasteiger partial charge in [-0.25, -0.2) is 0 Å². The van der Waals surface area contributed by atoms with Crippen LogP contribution >= 0.6 is 0 Å². The van der Waals surface area contributed by atoms with Crippen molar-refractivity contribution in [2.24, 2.45) is 0 Å². The Morgan fingerprint density at radius 2 is 0.500 bits per heavy atom. The molecule has 0 rings (SSSR count). The molecule has 0 fully saturated rings. The summed E-state index contributed by atoms with van der Waals surface area (Å²) >= 11 is -12.9. The van der Waals surface area contributed by atoms with E-state index in [-0.39, 0.29) is 82.6 Å². The van der Waals surface area contributed by atoms with Gasteiger partial charge in [-0.2, -0.15) is 0 Å². The molecule has 0 aromatic rings. The van der Waals surface area contributed by atoms with Gasteiger partial charge in [-0.1, -0.05) is 0 Å². The van der Waals surface area contributed by atoms with E-state index in [0.717, 1.165) is 0 Å². The zero-order chi connectivity index (χ0) is 10.7. The fraction of sp³-hybridized carbons (Fsp3) is 0. The van der Waals surface area contributed by atoms with Gasteiger partial charge in [0.2, 0.25) is 0 Å². The SMILES string of the molecule is [O]=[Zr]([O-])[O-].[O]=[Zr]([O-])[O-].[O]=[Zr]([O-])[O-].[Pr+3].[Pr+3]. The van der Waals surface area contributed by atoms with E-state index in [0.29, 0.717) is 0 Å². The number of rotatable bonds is 0. The molecule has 0 saturated heterocycles. The van der Waals surface area contributed by atoms with E-state index in [1.807, 2.05) is 0 Å². The van der Waals surface area contributed by atoms with E-state index in [9.17, 15) is 0 Å². The summed E-state index contributed by atoms with van der Waals surface area (Å²) in [4.78, 5) is 0. The molecule has 0 unspecified atom stereocenters. The molecule has 14 heavy (non-hydrogen) atoms. The normalized spacial score (nSPS) is 5.57. The van der Waals surface area contributed by atoms with Crippen molar-refractivity contribution >= 4 is 0 Å². The minimum atomic E-state index is -4.29. The van der Waals surface area contributed by atoms with Crippen molar-refractivity contribution in [2.75, 3.05) is 0 Å². The molecule has 14 heteroatoms. The van der Waals surface area contributed by atoms with Crippen molar-refractivity contribution in [3.8, 4) is 0 Å². The topological polar surface area (TPSA) is 190 Å². The summed E-state index contributed by atoms with van der Waals surface area (Å²) in [5.74, 6) is 0. The van der Waals surface area contributed by atoms with Gasteiger partial charge in [0.1, 0.15) is 0 Å². The minimum Gasteiger partial charge on any atom is 3.00 e. The second kappa shape index (κ2) is 26.2. The molecule has 72 valence electrons. The largest absolute Gasteiger partial charge is 3.00 e. The van der Waals surface area contributed by atoms with Crippen LogP contribution in [-0.2, 0) is 76.3 Å². The van der Waals surface area contributed by atoms with Crippen LogP contribution in [0.15, 0.2) is 0 Å². The Balaban J connectivity index is -0.0000000270. The summed E-state index contributed by atoms with van der Waals surface area (Å²) < 4.78 is 77.5. The van der Waals surface area contributed by atoms with Crippen LogP contribution in [0.4, 0.5) is 0 Å². The number of hydrogen-bond acceptors (Lipinski definition) is 9. The van der Waals surface area contributed by atoms with E-state index in [1.54, 1.807) is 0 Å². The van der Waals surface area contributed by atoms with Gasteiger partial charge in [-0.3, -0.25) is 0 Å². The Morgan fingerprint density at radius 3 is 0.500 bits per heavy atom. The van der Waals surface area contributed by atoms with E-state index < -0.39 is 67.9 Å². The second-order valence-electron chi connectivity index (χ2n) is 0.750. The molecule has 0 radical (unpaired) electrons. The van der Waals surface area contributed by atoms with Gasteiger partial charge in [-0.15, -0.1) is 0 Å². The quantitative estimate of drug-likeness (QED) is 0.237. The maximum absolute atomic E-state index is 8.61. The summed E-state index contributed by atoms with van der Waals surface area (Å²) in [7, 11) is 0. The van der Waals surface area contributed by atoms with Crippen molar-refractivity contribution in [2.45, 2.75) is 0 Å². The fourth-order valence-electron chi connectivity index (χ4n) is 0. The molecule has 0 aliphatic carbocycles. The van der Waals surface area contributed by atoms with Crippen molar-refractivity contribution in [3.05, 3.63) is 0 Å². The molecular formula is O9Pr2Zr3. The zero-order valence-corrected chi connectivity index (χ0v) is 21.1. The van der Waals surface area contributed by atoms with Gasteiger partial charge >= 0.3 is 178 Å². The molecule has 0 heterocycles. The monoisotopic (exact) mass is 695 g/mol. The first-order chi connectivity index (χ1) is 5.20. The van der Waals surface area contributed by atoms with Crippen molar-refractivity contribution in [3.63, 3.8) is 0 Å². The van der Waals surface area contributed by atoms with E-state index in [4.69, 9.17) is 27.5 Å². The van der Waals surface area contributed by atoms with Crippen molar-refractivity contribution in [1.82, 2.24) is 0 Å². The molecule has 0 amide bonds. The van der Waals surface area contributed by atoms with Crippen LogP contribution in [0.25, 0.3) is 0 Å². The predicted molar refractivity (Wildman–Crippen MR) is 2.06 cm³/mol. The average Bonchev–Trinajstić information content (AvgIpc) is 1.54. The number of hydrogen-bond donors (Lipinski definition) is 0.